The Balaban J connectivity index is 2.05. The Labute approximate surface area is 127 Å². The summed E-state index contributed by atoms with van der Waals surface area (Å²) in [6.07, 6.45) is 0.231. The topological polar surface area (TPSA) is 86.7 Å². The van der Waals surface area contributed by atoms with Crippen molar-refractivity contribution in [1.29, 1.82) is 0 Å². The van der Waals surface area contributed by atoms with Crippen LogP contribution in [-0.4, -0.2) is 39.0 Å². The van der Waals surface area contributed by atoms with Crippen LogP contribution >= 0.6 is 0 Å². The number of halogens is 1. The summed E-state index contributed by atoms with van der Waals surface area (Å²) in [5.74, 6) is -2.94. The first-order chi connectivity index (χ1) is 10.3. The standard InChI is InChI=1S/C14H15FO6S/c1-20-14(17)12-6-11(15)3-2-9(12)7-21-13(16)10-4-5-22(18,19)8-10/h2-3,6,10H,4-5,7-8H2,1H3. The number of carbonyl (C=O) groups is 2. The molecule has 22 heavy (non-hydrogen) atoms. The molecule has 1 fully saturated rings. The van der Waals surface area contributed by atoms with E-state index in [0.29, 0.717) is 5.56 Å². The largest absolute Gasteiger partial charge is 0.465 e. The van der Waals surface area contributed by atoms with Gasteiger partial charge in [0, 0.05) is 5.56 Å². The number of sulfone groups is 1. The fourth-order valence-corrected chi connectivity index (χ4v) is 3.95. The van der Waals surface area contributed by atoms with Crippen LogP contribution < -0.4 is 0 Å². The van der Waals surface area contributed by atoms with Crippen molar-refractivity contribution in [2.24, 2.45) is 5.92 Å². The minimum Gasteiger partial charge on any atom is -0.465 e. The molecule has 0 N–H and O–H groups in total. The molecule has 0 saturated carbocycles. The fourth-order valence-electron chi connectivity index (χ4n) is 2.22. The first-order valence-corrected chi connectivity index (χ1v) is 8.38. The second kappa shape index (κ2) is 6.43. The van der Waals surface area contributed by atoms with Gasteiger partial charge in [-0.3, -0.25) is 4.79 Å². The van der Waals surface area contributed by atoms with Crippen molar-refractivity contribution >= 4 is 21.8 Å². The predicted octanol–water partition coefficient (Wildman–Crippen LogP) is 1.09. The van der Waals surface area contributed by atoms with E-state index >= 15 is 0 Å². The quantitative estimate of drug-likeness (QED) is 0.768. The third kappa shape index (κ3) is 3.82. The molecule has 1 aromatic carbocycles. The molecule has 1 heterocycles. The van der Waals surface area contributed by atoms with Crippen molar-refractivity contribution in [2.75, 3.05) is 18.6 Å². The molecule has 0 radical (unpaired) electrons. The van der Waals surface area contributed by atoms with E-state index in [1.807, 2.05) is 0 Å². The SMILES string of the molecule is COC(=O)c1cc(F)ccc1COC(=O)C1CCS(=O)(=O)C1. The Morgan fingerprint density at radius 1 is 1.36 bits per heavy atom. The third-order valence-corrected chi connectivity index (χ3v) is 5.18. The van der Waals surface area contributed by atoms with Gasteiger partial charge >= 0.3 is 11.9 Å². The van der Waals surface area contributed by atoms with Crippen LogP contribution in [0.15, 0.2) is 18.2 Å². The highest BCUT2D eigenvalue weighted by atomic mass is 32.2. The van der Waals surface area contributed by atoms with Crippen LogP contribution in [0.4, 0.5) is 4.39 Å². The number of hydrogen-bond acceptors (Lipinski definition) is 6. The zero-order valence-corrected chi connectivity index (χ0v) is 12.7. The van der Waals surface area contributed by atoms with Gasteiger partial charge < -0.3 is 9.47 Å². The molecule has 1 aliphatic heterocycles. The van der Waals surface area contributed by atoms with E-state index in [4.69, 9.17) is 4.74 Å². The van der Waals surface area contributed by atoms with E-state index in [0.717, 1.165) is 19.2 Å². The molecule has 1 aliphatic rings. The molecule has 0 aromatic heterocycles. The van der Waals surface area contributed by atoms with Gasteiger partial charge in [0.15, 0.2) is 9.84 Å². The zero-order valence-electron chi connectivity index (χ0n) is 11.9. The van der Waals surface area contributed by atoms with Crippen LogP contribution in [0.2, 0.25) is 0 Å². The van der Waals surface area contributed by atoms with E-state index in [9.17, 15) is 22.4 Å². The molecule has 0 aliphatic carbocycles. The van der Waals surface area contributed by atoms with E-state index in [-0.39, 0.29) is 30.1 Å². The Hall–Kier alpha value is -1.96. The second-order valence-corrected chi connectivity index (χ2v) is 7.23. The van der Waals surface area contributed by atoms with E-state index in [2.05, 4.69) is 4.74 Å². The van der Waals surface area contributed by atoms with Crippen molar-refractivity contribution in [3.05, 3.63) is 35.1 Å². The van der Waals surface area contributed by atoms with Crippen LogP contribution in [-0.2, 0) is 30.7 Å². The molecule has 0 bridgehead atoms. The highest BCUT2D eigenvalue weighted by Gasteiger charge is 2.34. The molecule has 2 rings (SSSR count). The lowest BCUT2D eigenvalue weighted by Crippen LogP contribution is -2.19. The fraction of sp³-hybridized carbons (Fsp3) is 0.429. The molecule has 1 atom stereocenters. The first-order valence-electron chi connectivity index (χ1n) is 6.56. The van der Waals surface area contributed by atoms with Crippen molar-refractivity contribution in [3.8, 4) is 0 Å². The molecule has 1 saturated heterocycles. The highest BCUT2D eigenvalue weighted by molar-refractivity contribution is 7.91. The zero-order chi connectivity index (χ0) is 16.3. The number of benzene rings is 1. The summed E-state index contributed by atoms with van der Waals surface area (Å²) in [4.78, 5) is 23.4. The first kappa shape index (κ1) is 16.4. The van der Waals surface area contributed by atoms with Crippen LogP contribution in [0, 0.1) is 11.7 Å². The van der Waals surface area contributed by atoms with Gasteiger partial charge in [0.25, 0.3) is 0 Å². The number of methoxy groups -OCH3 is 1. The highest BCUT2D eigenvalue weighted by Crippen LogP contribution is 2.21. The summed E-state index contributed by atoms with van der Waals surface area (Å²) in [6.45, 7) is -0.250. The number of hydrogen-bond donors (Lipinski definition) is 0. The smallest absolute Gasteiger partial charge is 0.338 e. The number of carbonyl (C=O) groups excluding carboxylic acids is 2. The number of ether oxygens (including phenoxy) is 2. The minimum atomic E-state index is -3.18. The van der Waals surface area contributed by atoms with Gasteiger partial charge in [-0.2, -0.15) is 0 Å². The van der Waals surface area contributed by atoms with Gasteiger partial charge in [-0.15, -0.1) is 0 Å². The van der Waals surface area contributed by atoms with Crippen molar-refractivity contribution in [1.82, 2.24) is 0 Å². The Kier molecular flexibility index (Phi) is 4.80. The van der Waals surface area contributed by atoms with Crippen molar-refractivity contribution in [2.45, 2.75) is 13.0 Å². The van der Waals surface area contributed by atoms with Gasteiger partial charge in [-0.1, -0.05) is 6.07 Å². The van der Waals surface area contributed by atoms with Crippen LogP contribution in [0.25, 0.3) is 0 Å². The molecular weight excluding hydrogens is 315 g/mol. The second-order valence-electron chi connectivity index (χ2n) is 5.00. The lowest BCUT2D eigenvalue weighted by Gasteiger charge is -2.11. The molecule has 8 heteroatoms. The lowest BCUT2D eigenvalue weighted by atomic mass is 10.1. The lowest BCUT2D eigenvalue weighted by molar-refractivity contribution is -0.149. The molecule has 6 nitrogen and oxygen atoms in total. The Morgan fingerprint density at radius 2 is 2.09 bits per heavy atom. The maximum atomic E-state index is 13.2. The number of rotatable bonds is 4. The van der Waals surface area contributed by atoms with Gasteiger partial charge in [0.05, 0.1) is 30.1 Å². The van der Waals surface area contributed by atoms with E-state index < -0.39 is 33.5 Å². The summed E-state index contributed by atoms with van der Waals surface area (Å²) in [5, 5.41) is 0. The van der Waals surface area contributed by atoms with Gasteiger partial charge in [0.2, 0.25) is 0 Å². The summed E-state index contributed by atoms with van der Waals surface area (Å²) >= 11 is 0. The maximum absolute atomic E-state index is 13.2. The van der Waals surface area contributed by atoms with Gasteiger partial charge in [-0.05, 0) is 18.6 Å². The summed E-state index contributed by atoms with van der Waals surface area (Å²) in [7, 11) is -2.02. The monoisotopic (exact) mass is 330 g/mol. The molecule has 0 amide bonds. The maximum Gasteiger partial charge on any atom is 0.338 e. The normalized spacial score (nSPS) is 19.6. The Morgan fingerprint density at radius 3 is 2.68 bits per heavy atom. The number of esters is 2. The molecular formula is C14H15FO6S. The van der Waals surface area contributed by atoms with Gasteiger partial charge in [-0.25, -0.2) is 17.6 Å². The van der Waals surface area contributed by atoms with Crippen molar-refractivity contribution in [3.63, 3.8) is 0 Å². The van der Waals surface area contributed by atoms with E-state index in [1.54, 1.807) is 0 Å². The Bertz CT molecular complexity index is 697. The van der Waals surface area contributed by atoms with Crippen LogP contribution in [0.5, 0.6) is 0 Å². The minimum absolute atomic E-state index is 0.0310. The molecule has 1 unspecified atom stereocenters. The third-order valence-electron chi connectivity index (χ3n) is 3.41. The molecule has 1 aromatic rings. The molecule has 120 valence electrons. The van der Waals surface area contributed by atoms with E-state index in [1.165, 1.54) is 6.07 Å². The predicted molar refractivity (Wildman–Crippen MR) is 74.3 cm³/mol. The average Bonchev–Trinajstić information content (AvgIpc) is 2.85. The molecule has 0 spiro atoms. The summed E-state index contributed by atoms with van der Waals surface area (Å²) < 4.78 is 45.4. The van der Waals surface area contributed by atoms with Crippen LogP contribution in [0.1, 0.15) is 22.3 Å². The van der Waals surface area contributed by atoms with Crippen molar-refractivity contribution < 1.29 is 31.9 Å². The average molecular weight is 330 g/mol. The summed E-state index contributed by atoms with van der Waals surface area (Å²) in [6, 6.07) is 3.45. The summed E-state index contributed by atoms with van der Waals surface area (Å²) in [5.41, 5.74) is 0.261. The van der Waals surface area contributed by atoms with Gasteiger partial charge in [0.1, 0.15) is 12.4 Å². The van der Waals surface area contributed by atoms with Crippen LogP contribution in [0.3, 0.4) is 0 Å².